The molecule has 1 aromatic heterocycles. The summed E-state index contributed by atoms with van der Waals surface area (Å²) < 4.78 is 6.78. The van der Waals surface area contributed by atoms with E-state index in [4.69, 9.17) is 4.74 Å². The molecule has 2 aromatic rings. The average molecular weight is 358 g/mol. The third-order valence-electron chi connectivity index (χ3n) is 4.41. The number of tetrazole rings is 1. The number of hydrogen-bond acceptors (Lipinski definition) is 6. The van der Waals surface area contributed by atoms with Crippen molar-refractivity contribution in [3.8, 4) is 5.75 Å². The number of aryl methyl sites for hydroxylation is 1. The fourth-order valence-corrected chi connectivity index (χ4v) is 2.93. The second-order valence-electron chi connectivity index (χ2n) is 6.08. The first-order chi connectivity index (χ1) is 12.7. The SMILES string of the molecule is COc1cccc(C(=O)N2CCN(C(=O)CCCn3cnnn3)CC2)c1. The molecular weight excluding hydrogens is 336 g/mol. The molecule has 0 N–H and O–H groups in total. The third-order valence-corrected chi connectivity index (χ3v) is 4.41. The molecule has 3 rings (SSSR count). The highest BCUT2D eigenvalue weighted by Crippen LogP contribution is 2.16. The van der Waals surface area contributed by atoms with Gasteiger partial charge in [0.1, 0.15) is 12.1 Å². The second kappa shape index (κ2) is 8.41. The molecule has 138 valence electrons. The largest absolute Gasteiger partial charge is 0.497 e. The molecule has 2 heterocycles. The van der Waals surface area contributed by atoms with Crippen molar-refractivity contribution in [3.05, 3.63) is 36.2 Å². The number of rotatable bonds is 6. The summed E-state index contributed by atoms with van der Waals surface area (Å²) in [5.41, 5.74) is 0.602. The Balaban J connectivity index is 1.45. The molecule has 0 aliphatic carbocycles. The van der Waals surface area contributed by atoms with E-state index in [9.17, 15) is 9.59 Å². The number of nitrogens with zero attached hydrogens (tertiary/aromatic N) is 6. The Morgan fingerprint density at radius 3 is 2.62 bits per heavy atom. The number of methoxy groups -OCH3 is 1. The van der Waals surface area contributed by atoms with Crippen LogP contribution in [0.3, 0.4) is 0 Å². The van der Waals surface area contributed by atoms with Gasteiger partial charge in [-0.05, 0) is 35.0 Å². The van der Waals surface area contributed by atoms with Crippen molar-refractivity contribution in [2.24, 2.45) is 0 Å². The Hall–Kier alpha value is -2.97. The Morgan fingerprint density at radius 2 is 1.92 bits per heavy atom. The van der Waals surface area contributed by atoms with E-state index in [1.807, 2.05) is 11.0 Å². The van der Waals surface area contributed by atoms with Crippen LogP contribution in [-0.4, -0.2) is 75.1 Å². The van der Waals surface area contributed by atoms with Crippen molar-refractivity contribution in [3.63, 3.8) is 0 Å². The fourth-order valence-electron chi connectivity index (χ4n) is 2.93. The highest BCUT2D eigenvalue weighted by atomic mass is 16.5. The highest BCUT2D eigenvalue weighted by molar-refractivity contribution is 5.94. The molecular formula is C17H22N6O3. The van der Waals surface area contributed by atoms with Crippen molar-refractivity contribution in [2.75, 3.05) is 33.3 Å². The average Bonchev–Trinajstić information content (AvgIpc) is 3.21. The maximum absolute atomic E-state index is 12.6. The van der Waals surface area contributed by atoms with E-state index in [0.717, 1.165) is 0 Å². The molecule has 1 saturated heterocycles. The van der Waals surface area contributed by atoms with E-state index in [2.05, 4.69) is 15.5 Å². The van der Waals surface area contributed by atoms with Crippen LogP contribution in [0.5, 0.6) is 5.75 Å². The molecule has 0 atom stereocenters. The van der Waals surface area contributed by atoms with Gasteiger partial charge < -0.3 is 14.5 Å². The maximum atomic E-state index is 12.6. The topological polar surface area (TPSA) is 93.5 Å². The predicted molar refractivity (Wildman–Crippen MR) is 92.5 cm³/mol. The van der Waals surface area contributed by atoms with Crippen LogP contribution in [0.2, 0.25) is 0 Å². The van der Waals surface area contributed by atoms with Gasteiger partial charge in [0, 0.05) is 44.7 Å². The molecule has 0 spiro atoms. The third kappa shape index (κ3) is 4.35. The van der Waals surface area contributed by atoms with Crippen molar-refractivity contribution >= 4 is 11.8 Å². The molecule has 0 unspecified atom stereocenters. The lowest BCUT2D eigenvalue weighted by molar-refractivity contribution is -0.132. The van der Waals surface area contributed by atoms with Gasteiger partial charge in [-0.1, -0.05) is 6.07 Å². The summed E-state index contributed by atoms with van der Waals surface area (Å²) in [6.07, 6.45) is 2.67. The summed E-state index contributed by atoms with van der Waals surface area (Å²) in [4.78, 5) is 28.5. The maximum Gasteiger partial charge on any atom is 0.254 e. The van der Waals surface area contributed by atoms with Gasteiger partial charge in [-0.15, -0.1) is 5.10 Å². The van der Waals surface area contributed by atoms with Gasteiger partial charge >= 0.3 is 0 Å². The van der Waals surface area contributed by atoms with Crippen LogP contribution in [0.4, 0.5) is 0 Å². The lowest BCUT2D eigenvalue weighted by Gasteiger charge is -2.35. The molecule has 0 saturated carbocycles. The fraction of sp³-hybridized carbons (Fsp3) is 0.471. The predicted octanol–water partition coefficient (Wildman–Crippen LogP) is 0.447. The summed E-state index contributed by atoms with van der Waals surface area (Å²) in [6.45, 7) is 2.80. The lowest BCUT2D eigenvalue weighted by atomic mass is 10.1. The molecule has 1 aliphatic rings. The zero-order valence-electron chi connectivity index (χ0n) is 14.7. The molecule has 1 aromatic carbocycles. The second-order valence-corrected chi connectivity index (χ2v) is 6.08. The number of amides is 2. The molecule has 0 radical (unpaired) electrons. The zero-order chi connectivity index (χ0) is 18.4. The highest BCUT2D eigenvalue weighted by Gasteiger charge is 2.24. The van der Waals surface area contributed by atoms with E-state index >= 15 is 0 Å². The minimum Gasteiger partial charge on any atom is -0.497 e. The Labute approximate surface area is 151 Å². The van der Waals surface area contributed by atoms with Gasteiger partial charge in [0.2, 0.25) is 5.91 Å². The van der Waals surface area contributed by atoms with Crippen LogP contribution in [0, 0.1) is 0 Å². The first-order valence-electron chi connectivity index (χ1n) is 8.59. The van der Waals surface area contributed by atoms with Gasteiger partial charge in [0.25, 0.3) is 5.91 Å². The van der Waals surface area contributed by atoms with Gasteiger partial charge in [0.15, 0.2) is 0 Å². The van der Waals surface area contributed by atoms with E-state index in [-0.39, 0.29) is 11.8 Å². The molecule has 0 bridgehead atoms. The van der Waals surface area contributed by atoms with E-state index in [1.54, 1.807) is 34.9 Å². The summed E-state index contributed by atoms with van der Waals surface area (Å²) in [5.74, 6) is 0.730. The van der Waals surface area contributed by atoms with Crippen molar-refractivity contribution in [2.45, 2.75) is 19.4 Å². The van der Waals surface area contributed by atoms with Crippen LogP contribution in [0.25, 0.3) is 0 Å². The van der Waals surface area contributed by atoms with Crippen molar-refractivity contribution in [1.82, 2.24) is 30.0 Å². The molecule has 9 nitrogen and oxygen atoms in total. The van der Waals surface area contributed by atoms with Gasteiger partial charge in [0.05, 0.1) is 7.11 Å². The number of ether oxygens (including phenoxy) is 1. The standard InChI is InChI=1S/C17H22N6O3/c1-26-15-5-2-4-14(12-15)17(25)22-10-8-21(9-11-22)16(24)6-3-7-23-13-18-19-20-23/h2,4-5,12-13H,3,6-11H2,1H3. The minimum absolute atomic E-state index is 0.0327. The number of carbonyl (C=O) groups excluding carboxylic acids is 2. The molecule has 9 heteroatoms. The molecule has 1 fully saturated rings. The number of benzene rings is 1. The quantitative estimate of drug-likeness (QED) is 0.744. The van der Waals surface area contributed by atoms with Gasteiger partial charge in [-0.25, -0.2) is 4.68 Å². The number of carbonyl (C=O) groups is 2. The zero-order valence-corrected chi connectivity index (χ0v) is 14.7. The first kappa shape index (κ1) is 17.8. The molecule has 1 aliphatic heterocycles. The lowest BCUT2D eigenvalue weighted by Crippen LogP contribution is -2.50. The molecule has 2 amide bonds. The van der Waals surface area contributed by atoms with Crippen LogP contribution >= 0.6 is 0 Å². The monoisotopic (exact) mass is 358 g/mol. The Morgan fingerprint density at radius 1 is 1.15 bits per heavy atom. The van der Waals surface area contributed by atoms with E-state index in [1.165, 1.54) is 6.33 Å². The van der Waals surface area contributed by atoms with Crippen LogP contribution in [-0.2, 0) is 11.3 Å². The van der Waals surface area contributed by atoms with Gasteiger partial charge in [-0.2, -0.15) is 0 Å². The van der Waals surface area contributed by atoms with Crippen LogP contribution < -0.4 is 4.74 Å². The summed E-state index contributed by atoms with van der Waals surface area (Å²) in [6, 6.07) is 7.12. The van der Waals surface area contributed by atoms with Crippen LogP contribution in [0.1, 0.15) is 23.2 Å². The summed E-state index contributed by atoms with van der Waals surface area (Å²) >= 11 is 0. The smallest absolute Gasteiger partial charge is 0.254 e. The summed E-state index contributed by atoms with van der Waals surface area (Å²) in [5, 5.41) is 10.9. The number of hydrogen-bond donors (Lipinski definition) is 0. The van der Waals surface area contributed by atoms with Gasteiger partial charge in [-0.3, -0.25) is 9.59 Å². The number of aromatic nitrogens is 4. The van der Waals surface area contributed by atoms with Crippen molar-refractivity contribution in [1.29, 1.82) is 0 Å². The van der Waals surface area contributed by atoms with E-state index in [0.29, 0.717) is 56.9 Å². The Bertz CT molecular complexity index is 741. The first-order valence-corrected chi connectivity index (χ1v) is 8.59. The van der Waals surface area contributed by atoms with E-state index < -0.39 is 0 Å². The normalized spacial score (nSPS) is 14.3. The van der Waals surface area contributed by atoms with Crippen LogP contribution in [0.15, 0.2) is 30.6 Å². The summed E-state index contributed by atoms with van der Waals surface area (Å²) in [7, 11) is 1.58. The molecule has 26 heavy (non-hydrogen) atoms. The number of piperazine rings is 1. The Kier molecular flexibility index (Phi) is 5.77. The van der Waals surface area contributed by atoms with Crippen molar-refractivity contribution < 1.29 is 14.3 Å². The minimum atomic E-state index is -0.0327.